The third kappa shape index (κ3) is 2.24. The van der Waals surface area contributed by atoms with Crippen LogP contribution in [-0.4, -0.2) is 16.5 Å². The largest absolute Gasteiger partial charge is 0.330 e. The minimum Gasteiger partial charge on any atom is -0.330 e. The number of hydrogen-bond donors (Lipinski definition) is 1. The van der Waals surface area contributed by atoms with E-state index in [1.54, 1.807) is 0 Å². The molecule has 0 radical (unpaired) electrons. The average molecular weight is 217 g/mol. The summed E-state index contributed by atoms with van der Waals surface area (Å²) in [7, 11) is 0. The fourth-order valence-corrected chi connectivity index (χ4v) is 2.09. The number of aryl methyl sites for hydroxylation is 1. The molecule has 0 atom stereocenters. The van der Waals surface area contributed by atoms with E-state index in [1.165, 1.54) is 37.1 Å². The van der Waals surface area contributed by atoms with E-state index in [-0.39, 0.29) is 0 Å². The van der Waals surface area contributed by atoms with Crippen LogP contribution in [0.25, 0.3) is 0 Å². The summed E-state index contributed by atoms with van der Waals surface area (Å²) < 4.78 is 0. The molecule has 3 nitrogen and oxygen atoms in total. The van der Waals surface area contributed by atoms with Gasteiger partial charge in [0.1, 0.15) is 5.82 Å². The highest BCUT2D eigenvalue weighted by Crippen LogP contribution is 2.43. The molecule has 1 aromatic rings. The van der Waals surface area contributed by atoms with Gasteiger partial charge < -0.3 is 5.73 Å². The SMILES string of the molecule is NCCCc1nc(C2CC2)cc(C2CC2)n1. The van der Waals surface area contributed by atoms with E-state index in [9.17, 15) is 0 Å². The van der Waals surface area contributed by atoms with Gasteiger partial charge in [0.15, 0.2) is 0 Å². The van der Waals surface area contributed by atoms with Crippen molar-refractivity contribution in [1.82, 2.24) is 9.97 Å². The second-order valence-electron chi connectivity index (χ2n) is 5.07. The molecule has 2 saturated carbocycles. The van der Waals surface area contributed by atoms with Crippen LogP contribution >= 0.6 is 0 Å². The summed E-state index contributed by atoms with van der Waals surface area (Å²) in [6, 6.07) is 2.25. The number of hydrogen-bond acceptors (Lipinski definition) is 3. The van der Waals surface area contributed by atoms with Crippen molar-refractivity contribution in [2.75, 3.05) is 6.54 Å². The molecule has 0 unspecified atom stereocenters. The Kier molecular flexibility index (Phi) is 2.64. The quantitative estimate of drug-likeness (QED) is 0.822. The van der Waals surface area contributed by atoms with Crippen LogP contribution in [0.4, 0.5) is 0 Å². The molecule has 2 N–H and O–H groups in total. The number of rotatable bonds is 5. The summed E-state index contributed by atoms with van der Waals surface area (Å²) in [4.78, 5) is 9.35. The van der Waals surface area contributed by atoms with Crippen LogP contribution in [0.1, 0.15) is 61.2 Å². The van der Waals surface area contributed by atoms with Crippen molar-refractivity contribution in [2.24, 2.45) is 5.73 Å². The molecule has 3 rings (SSSR count). The van der Waals surface area contributed by atoms with Gasteiger partial charge in [0.2, 0.25) is 0 Å². The first-order valence-electron chi connectivity index (χ1n) is 6.44. The highest BCUT2D eigenvalue weighted by Gasteiger charge is 2.30. The summed E-state index contributed by atoms with van der Waals surface area (Å²) in [6.07, 6.45) is 7.21. The molecule has 3 heteroatoms. The lowest BCUT2D eigenvalue weighted by Crippen LogP contribution is -2.06. The molecule has 0 bridgehead atoms. The van der Waals surface area contributed by atoms with Gasteiger partial charge in [-0.25, -0.2) is 9.97 Å². The Morgan fingerprint density at radius 2 is 1.62 bits per heavy atom. The summed E-state index contributed by atoms with van der Waals surface area (Å²) in [6.45, 7) is 0.732. The van der Waals surface area contributed by atoms with Gasteiger partial charge in [-0.05, 0) is 44.7 Å². The van der Waals surface area contributed by atoms with Gasteiger partial charge in [-0.3, -0.25) is 0 Å². The second kappa shape index (κ2) is 4.13. The first kappa shape index (κ1) is 10.2. The Morgan fingerprint density at radius 1 is 1.06 bits per heavy atom. The molecular weight excluding hydrogens is 198 g/mol. The van der Waals surface area contributed by atoms with Crippen molar-refractivity contribution >= 4 is 0 Å². The van der Waals surface area contributed by atoms with Crippen molar-refractivity contribution in [2.45, 2.75) is 50.4 Å². The zero-order chi connectivity index (χ0) is 11.0. The second-order valence-corrected chi connectivity index (χ2v) is 5.07. The third-order valence-corrected chi connectivity index (χ3v) is 3.41. The van der Waals surface area contributed by atoms with E-state index >= 15 is 0 Å². The molecule has 2 aliphatic carbocycles. The predicted molar refractivity (Wildman–Crippen MR) is 63.4 cm³/mol. The Hall–Kier alpha value is -0.960. The molecule has 1 heterocycles. The first-order valence-corrected chi connectivity index (χ1v) is 6.44. The lowest BCUT2D eigenvalue weighted by Gasteiger charge is -2.06. The Balaban J connectivity index is 1.84. The number of nitrogens with two attached hydrogens (primary N) is 1. The summed E-state index contributed by atoms with van der Waals surface area (Å²) in [5, 5.41) is 0. The molecular formula is C13H19N3. The molecule has 0 aliphatic heterocycles. The van der Waals surface area contributed by atoms with Crippen molar-refractivity contribution in [1.29, 1.82) is 0 Å². The maximum atomic E-state index is 5.54. The average Bonchev–Trinajstić information content (AvgIpc) is 3.19. The molecule has 0 saturated heterocycles. The van der Waals surface area contributed by atoms with Crippen molar-refractivity contribution in [3.05, 3.63) is 23.3 Å². The van der Waals surface area contributed by atoms with Crippen LogP contribution in [0.3, 0.4) is 0 Å². The molecule has 0 amide bonds. The van der Waals surface area contributed by atoms with Crippen LogP contribution in [0.5, 0.6) is 0 Å². The van der Waals surface area contributed by atoms with E-state index in [4.69, 9.17) is 5.73 Å². The van der Waals surface area contributed by atoms with Gasteiger partial charge in [-0.1, -0.05) is 0 Å². The zero-order valence-electron chi connectivity index (χ0n) is 9.65. The van der Waals surface area contributed by atoms with Gasteiger partial charge in [-0.2, -0.15) is 0 Å². The van der Waals surface area contributed by atoms with Gasteiger partial charge in [0.25, 0.3) is 0 Å². The Bertz CT molecular complexity index is 351. The Morgan fingerprint density at radius 3 is 2.06 bits per heavy atom. The van der Waals surface area contributed by atoms with E-state index in [0.29, 0.717) is 0 Å². The van der Waals surface area contributed by atoms with Gasteiger partial charge in [-0.15, -0.1) is 0 Å². The summed E-state index contributed by atoms with van der Waals surface area (Å²) >= 11 is 0. The van der Waals surface area contributed by atoms with Crippen LogP contribution in [0.15, 0.2) is 6.07 Å². The van der Waals surface area contributed by atoms with Gasteiger partial charge in [0.05, 0.1) is 0 Å². The topological polar surface area (TPSA) is 51.8 Å². The predicted octanol–water partition coefficient (Wildman–Crippen LogP) is 2.12. The molecule has 0 aromatic carbocycles. The molecule has 2 fully saturated rings. The standard InChI is InChI=1S/C13H19N3/c14-7-1-2-13-15-11(9-3-4-9)8-12(16-13)10-5-6-10/h8-10H,1-7,14H2. The van der Waals surface area contributed by atoms with Crippen LogP contribution in [0.2, 0.25) is 0 Å². The fourth-order valence-electron chi connectivity index (χ4n) is 2.09. The monoisotopic (exact) mass is 217 g/mol. The number of aromatic nitrogens is 2. The maximum Gasteiger partial charge on any atom is 0.128 e. The molecule has 2 aliphatic rings. The molecule has 16 heavy (non-hydrogen) atoms. The summed E-state index contributed by atoms with van der Waals surface area (Å²) in [5.41, 5.74) is 8.13. The normalized spacial score (nSPS) is 20.1. The van der Waals surface area contributed by atoms with Crippen molar-refractivity contribution in [3.8, 4) is 0 Å². The maximum absolute atomic E-state index is 5.54. The molecule has 0 spiro atoms. The van der Waals surface area contributed by atoms with Crippen LogP contribution < -0.4 is 5.73 Å². The van der Waals surface area contributed by atoms with E-state index < -0.39 is 0 Å². The van der Waals surface area contributed by atoms with Gasteiger partial charge >= 0.3 is 0 Å². The Labute approximate surface area is 96.5 Å². The van der Waals surface area contributed by atoms with E-state index in [0.717, 1.165) is 37.0 Å². The highest BCUT2D eigenvalue weighted by atomic mass is 14.9. The lowest BCUT2D eigenvalue weighted by atomic mass is 10.2. The fraction of sp³-hybridized carbons (Fsp3) is 0.692. The first-order chi connectivity index (χ1) is 7.86. The van der Waals surface area contributed by atoms with E-state index in [2.05, 4.69) is 16.0 Å². The highest BCUT2D eigenvalue weighted by molar-refractivity contribution is 5.24. The van der Waals surface area contributed by atoms with Crippen LogP contribution in [0, 0.1) is 0 Å². The molecule has 86 valence electrons. The minimum absolute atomic E-state index is 0.732. The summed E-state index contributed by atoms with van der Waals surface area (Å²) in [5.74, 6) is 2.49. The van der Waals surface area contributed by atoms with Crippen molar-refractivity contribution in [3.63, 3.8) is 0 Å². The molecule has 1 aromatic heterocycles. The minimum atomic E-state index is 0.732. The van der Waals surface area contributed by atoms with Crippen LogP contribution in [-0.2, 0) is 6.42 Å². The van der Waals surface area contributed by atoms with Gasteiger partial charge in [0, 0.05) is 29.6 Å². The third-order valence-electron chi connectivity index (χ3n) is 3.41. The number of nitrogens with zero attached hydrogens (tertiary/aromatic N) is 2. The zero-order valence-corrected chi connectivity index (χ0v) is 9.65. The lowest BCUT2D eigenvalue weighted by molar-refractivity contribution is 0.754. The van der Waals surface area contributed by atoms with E-state index in [1.807, 2.05) is 0 Å². The smallest absolute Gasteiger partial charge is 0.128 e. The van der Waals surface area contributed by atoms with Crippen molar-refractivity contribution < 1.29 is 0 Å².